The van der Waals surface area contributed by atoms with Crippen LogP contribution in [-0.2, 0) is 32.7 Å². The van der Waals surface area contributed by atoms with Gasteiger partial charge in [-0.2, -0.15) is 24.3 Å². The zero-order valence-electron chi connectivity index (χ0n) is 8.33. The summed E-state index contributed by atoms with van der Waals surface area (Å²) in [5, 5.41) is 0. The Hall–Kier alpha value is 0.189. The van der Waals surface area contributed by atoms with Gasteiger partial charge in [-0.25, -0.2) is 0 Å². The molecule has 0 bridgehead atoms. The molecule has 0 saturated heterocycles. The predicted molar refractivity (Wildman–Crippen MR) is 54.5 cm³/mol. The van der Waals surface area contributed by atoms with Gasteiger partial charge in [-0.3, -0.25) is 0 Å². The van der Waals surface area contributed by atoms with Gasteiger partial charge in [0, 0.05) is 32.7 Å². The predicted octanol–water partition coefficient (Wildman–Crippen LogP) is 2.37. The quantitative estimate of drug-likeness (QED) is 0.584. The molecular weight excluding hydrogens is 234 g/mol. The fourth-order valence-electron chi connectivity index (χ4n) is 1.02. The molecule has 0 aliphatic rings. The van der Waals surface area contributed by atoms with Crippen LogP contribution >= 0.6 is 0 Å². The first-order valence-corrected chi connectivity index (χ1v) is 4.37. The van der Waals surface area contributed by atoms with E-state index in [2.05, 4.69) is 38.3 Å². The fraction of sp³-hybridized carbons (Fsp3) is 0.400. The summed E-state index contributed by atoms with van der Waals surface area (Å²) in [5.41, 5.74) is 1.13. The smallest absolute Gasteiger partial charge is 0.243 e. The van der Waals surface area contributed by atoms with Crippen molar-refractivity contribution in [3.05, 3.63) is 30.3 Å². The van der Waals surface area contributed by atoms with Crippen molar-refractivity contribution in [3.63, 3.8) is 0 Å². The van der Waals surface area contributed by atoms with Crippen molar-refractivity contribution in [3.8, 4) is 0 Å². The molecule has 0 spiro atoms. The summed E-state index contributed by atoms with van der Waals surface area (Å²) in [6.45, 7) is 2.18. The first kappa shape index (κ1) is 13.2. The fourth-order valence-corrected chi connectivity index (χ4v) is 1.02. The second-order valence-electron chi connectivity index (χ2n) is 2.83. The van der Waals surface area contributed by atoms with Crippen molar-refractivity contribution >= 4 is 13.1 Å². The molecule has 1 aromatic carbocycles. The van der Waals surface area contributed by atoms with Crippen LogP contribution in [0.2, 0.25) is 6.32 Å². The minimum absolute atomic E-state index is 0. The van der Waals surface area contributed by atoms with Crippen LogP contribution in [0.15, 0.2) is 24.3 Å². The average Bonchev–Trinajstić information content (AvgIpc) is 2.15. The van der Waals surface area contributed by atoms with Crippen LogP contribution < -0.4 is 4.81 Å². The van der Waals surface area contributed by atoms with Gasteiger partial charge in [0.25, 0.3) is 0 Å². The van der Waals surface area contributed by atoms with Crippen LogP contribution in [0.25, 0.3) is 0 Å². The second kappa shape index (κ2) is 7.58. The summed E-state index contributed by atoms with van der Waals surface area (Å²) in [6.07, 6.45) is 2.32. The minimum Gasteiger partial charge on any atom is -0.442 e. The Balaban J connectivity index is 0.00000144. The van der Waals surface area contributed by atoms with Gasteiger partial charge in [-0.05, 0) is 7.05 Å². The molecule has 0 saturated carbocycles. The number of anilines is 1. The molecule has 0 atom stereocenters. The minimum atomic E-state index is 0. The third-order valence-electron chi connectivity index (χ3n) is 1.76. The monoisotopic (exact) mass is 248 g/mol. The Kier molecular flexibility index (Phi) is 7.69. The average molecular weight is 248 g/mol. The summed E-state index contributed by atoms with van der Waals surface area (Å²) >= 11 is 0. The third-order valence-corrected chi connectivity index (χ3v) is 1.76. The number of nitrogens with zero attached hydrogens (tertiary/aromatic N) is 1. The van der Waals surface area contributed by atoms with E-state index in [4.69, 9.17) is 0 Å². The zero-order chi connectivity index (χ0) is 8.81. The Morgan fingerprint density at radius 2 is 2.23 bits per heavy atom. The largest absolute Gasteiger partial charge is 0.442 e. The van der Waals surface area contributed by atoms with Crippen molar-refractivity contribution in [1.82, 2.24) is 0 Å². The molecule has 1 rings (SSSR count). The number of benzene rings is 1. The number of rotatable bonds is 4. The van der Waals surface area contributed by atoms with Crippen molar-refractivity contribution in [2.75, 3.05) is 11.9 Å². The molecule has 0 heterocycles. The van der Waals surface area contributed by atoms with Crippen LogP contribution in [0.5, 0.6) is 0 Å². The molecule has 3 heteroatoms. The van der Waals surface area contributed by atoms with E-state index in [-0.39, 0.29) is 32.7 Å². The Morgan fingerprint density at radius 1 is 1.46 bits per heavy atom. The van der Waals surface area contributed by atoms with Gasteiger partial charge < -0.3 is 4.81 Å². The van der Waals surface area contributed by atoms with E-state index in [0.717, 1.165) is 12.0 Å². The molecule has 0 fully saturated rings. The maximum absolute atomic E-state index is 3.17. The molecule has 1 nitrogen and oxygen atoms in total. The van der Waals surface area contributed by atoms with E-state index in [1.165, 1.54) is 6.42 Å². The van der Waals surface area contributed by atoms with Gasteiger partial charge in [0.1, 0.15) is 0 Å². The molecule has 0 unspecified atom stereocenters. The van der Waals surface area contributed by atoms with Crippen LogP contribution in [0, 0.1) is 6.07 Å². The van der Waals surface area contributed by atoms with Crippen LogP contribution in [0.3, 0.4) is 0 Å². The molecular formula is C10H14BNY-. The summed E-state index contributed by atoms with van der Waals surface area (Å²) in [5.74, 6) is 0. The maximum atomic E-state index is 3.17. The molecule has 0 N–H and O–H groups in total. The molecule has 0 amide bonds. The second-order valence-corrected chi connectivity index (χ2v) is 2.83. The summed E-state index contributed by atoms with van der Waals surface area (Å²) in [4.78, 5) is 2.11. The summed E-state index contributed by atoms with van der Waals surface area (Å²) < 4.78 is 0. The van der Waals surface area contributed by atoms with E-state index in [9.17, 15) is 0 Å². The van der Waals surface area contributed by atoms with Crippen LogP contribution in [-0.4, -0.2) is 14.5 Å². The topological polar surface area (TPSA) is 3.24 Å². The van der Waals surface area contributed by atoms with Crippen molar-refractivity contribution < 1.29 is 32.7 Å². The summed E-state index contributed by atoms with van der Waals surface area (Å²) in [7, 11) is 4.24. The van der Waals surface area contributed by atoms with Crippen LogP contribution in [0.4, 0.5) is 5.69 Å². The van der Waals surface area contributed by atoms with Crippen LogP contribution in [0.1, 0.15) is 13.3 Å². The standard InChI is InChI=1S/C10H14BN.Y/c1-3-9-11-12(2)10-7-5-4-6-8-10;/h4-7H,3,9H2,1-2H3;/q-1;. The Bertz CT molecular complexity index is 215. The van der Waals surface area contributed by atoms with Gasteiger partial charge in [-0.15, -0.1) is 6.07 Å². The molecule has 0 aliphatic heterocycles. The Morgan fingerprint density at radius 3 is 2.77 bits per heavy atom. The number of hydrogen-bond donors (Lipinski definition) is 0. The number of para-hydroxylation sites is 1. The van der Waals surface area contributed by atoms with E-state index in [1.54, 1.807) is 0 Å². The molecule has 66 valence electrons. The summed E-state index contributed by atoms with van der Waals surface area (Å²) in [6, 6.07) is 11.2. The SMILES string of the molecule is CCC[B]N(C)c1[c-]cccc1.[Y]. The molecule has 0 aromatic heterocycles. The van der Waals surface area contributed by atoms with Gasteiger partial charge in [-0.1, -0.05) is 25.4 Å². The normalized spacial score (nSPS) is 8.77. The Labute approximate surface area is 107 Å². The molecule has 0 aliphatic carbocycles. The van der Waals surface area contributed by atoms with Gasteiger partial charge >= 0.3 is 0 Å². The third kappa shape index (κ3) is 4.83. The first-order chi connectivity index (χ1) is 5.84. The zero-order valence-corrected chi connectivity index (χ0v) is 11.2. The van der Waals surface area contributed by atoms with E-state index >= 15 is 0 Å². The van der Waals surface area contributed by atoms with Crippen molar-refractivity contribution in [2.45, 2.75) is 19.7 Å². The number of hydrogen-bond acceptors (Lipinski definition) is 1. The van der Waals surface area contributed by atoms with Gasteiger partial charge in [0.05, 0.1) is 0 Å². The molecule has 2 radical (unpaired) electrons. The van der Waals surface area contributed by atoms with Crippen molar-refractivity contribution in [2.24, 2.45) is 0 Å². The van der Waals surface area contributed by atoms with Gasteiger partial charge in [0.2, 0.25) is 7.41 Å². The van der Waals surface area contributed by atoms with E-state index < -0.39 is 0 Å². The van der Waals surface area contributed by atoms with E-state index in [0.29, 0.717) is 0 Å². The maximum Gasteiger partial charge on any atom is 0.243 e. The first-order valence-electron chi connectivity index (χ1n) is 4.37. The van der Waals surface area contributed by atoms with E-state index in [1.807, 2.05) is 18.2 Å². The molecule has 13 heavy (non-hydrogen) atoms. The molecule has 1 aromatic rings. The van der Waals surface area contributed by atoms with Gasteiger partial charge in [0.15, 0.2) is 0 Å². The van der Waals surface area contributed by atoms with Crippen molar-refractivity contribution in [1.29, 1.82) is 0 Å².